The Morgan fingerprint density at radius 1 is 1.29 bits per heavy atom. The quantitative estimate of drug-likeness (QED) is 0.746. The molecule has 0 bridgehead atoms. The molecule has 0 spiro atoms. The van der Waals surface area contributed by atoms with E-state index in [1.54, 1.807) is 4.68 Å². The number of aryl methyl sites for hydroxylation is 2. The summed E-state index contributed by atoms with van der Waals surface area (Å²) in [5, 5.41) is 4.32. The molecule has 0 aliphatic carbocycles. The van der Waals surface area contributed by atoms with Crippen molar-refractivity contribution in [3.8, 4) is 11.5 Å². The van der Waals surface area contributed by atoms with E-state index in [4.69, 9.17) is 14.2 Å². The third-order valence-corrected chi connectivity index (χ3v) is 4.82. The molecule has 1 aromatic carbocycles. The summed E-state index contributed by atoms with van der Waals surface area (Å²) in [6.07, 6.45) is 0.216. The van der Waals surface area contributed by atoms with Gasteiger partial charge in [0.2, 0.25) is 0 Å². The highest BCUT2D eigenvalue weighted by Gasteiger charge is 2.17. The molecule has 0 radical (unpaired) electrons. The summed E-state index contributed by atoms with van der Waals surface area (Å²) in [5.74, 6) is 1.09. The van der Waals surface area contributed by atoms with Gasteiger partial charge in [-0.15, -0.1) is 0 Å². The fourth-order valence-electron chi connectivity index (χ4n) is 2.64. The molecule has 7 heteroatoms. The van der Waals surface area contributed by atoms with E-state index < -0.39 is 0 Å². The molecule has 24 heavy (non-hydrogen) atoms. The van der Waals surface area contributed by atoms with Crippen molar-refractivity contribution in [2.24, 2.45) is 7.05 Å². The molecule has 128 valence electrons. The molecule has 2 heterocycles. The van der Waals surface area contributed by atoms with Crippen LogP contribution < -0.4 is 9.47 Å². The minimum atomic E-state index is -0.281. The maximum atomic E-state index is 12.2. The largest absolute Gasteiger partial charge is 0.486 e. The van der Waals surface area contributed by atoms with Crippen LogP contribution in [0.25, 0.3) is 0 Å². The van der Waals surface area contributed by atoms with Crippen molar-refractivity contribution in [1.82, 2.24) is 9.78 Å². The highest BCUT2D eigenvalue weighted by atomic mass is 79.9. The van der Waals surface area contributed by atoms with E-state index in [1.165, 1.54) is 0 Å². The van der Waals surface area contributed by atoms with Crippen LogP contribution in [0.15, 0.2) is 16.6 Å². The Labute approximate surface area is 148 Å². The van der Waals surface area contributed by atoms with E-state index in [9.17, 15) is 4.79 Å². The van der Waals surface area contributed by atoms with Crippen LogP contribution in [-0.2, 0) is 29.6 Å². The zero-order chi connectivity index (χ0) is 17.3. The molecular weight excluding hydrogens is 376 g/mol. The predicted octanol–water partition coefficient (Wildman–Crippen LogP) is 2.86. The number of benzene rings is 1. The van der Waals surface area contributed by atoms with Gasteiger partial charge in [0.05, 0.1) is 12.1 Å². The van der Waals surface area contributed by atoms with Crippen molar-refractivity contribution >= 4 is 21.9 Å². The van der Waals surface area contributed by atoms with Crippen LogP contribution in [0.3, 0.4) is 0 Å². The van der Waals surface area contributed by atoms with E-state index in [0.29, 0.717) is 24.7 Å². The number of esters is 1. The Kier molecular flexibility index (Phi) is 4.80. The summed E-state index contributed by atoms with van der Waals surface area (Å²) < 4.78 is 19.1. The molecule has 0 fully saturated rings. The van der Waals surface area contributed by atoms with Crippen LogP contribution in [0.4, 0.5) is 0 Å². The Morgan fingerprint density at radius 2 is 1.96 bits per heavy atom. The minimum Gasteiger partial charge on any atom is -0.486 e. The number of fused-ring (bicyclic) bond motifs is 1. The van der Waals surface area contributed by atoms with Gasteiger partial charge in [0, 0.05) is 28.3 Å². The number of nitrogens with zero attached hydrogens (tertiary/aromatic N) is 2. The van der Waals surface area contributed by atoms with E-state index in [1.807, 2.05) is 33.0 Å². The Bertz CT molecular complexity index is 785. The number of ether oxygens (including phenoxy) is 3. The first kappa shape index (κ1) is 16.8. The Morgan fingerprint density at radius 3 is 2.58 bits per heavy atom. The van der Waals surface area contributed by atoms with E-state index in [2.05, 4.69) is 21.0 Å². The lowest BCUT2D eigenvalue weighted by Gasteiger charge is -2.19. The molecule has 1 aliphatic heterocycles. The van der Waals surface area contributed by atoms with Gasteiger partial charge in [-0.2, -0.15) is 5.10 Å². The number of rotatable bonds is 4. The minimum absolute atomic E-state index is 0.175. The summed E-state index contributed by atoms with van der Waals surface area (Å²) in [7, 11) is 1.86. The predicted molar refractivity (Wildman–Crippen MR) is 91.3 cm³/mol. The lowest BCUT2D eigenvalue weighted by atomic mass is 10.1. The average Bonchev–Trinajstić information content (AvgIpc) is 2.79. The molecule has 3 rings (SSSR count). The van der Waals surface area contributed by atoms with Crippen LogP contribution in [0, 0.1) is 13.8 Å². The van der Waals surface area contributed by atoms with E-state index in [0.717, 1.165) is 27.0 Å². The molecule has 2 aromatic rings. The highest BCUT2D eigenvalue weighted by molar-refractivity contribution is 9.10. The SMILES string of the molecule is Cc1nn(C)c(C)c1CC(=O)OCc1cc2c(cc1Br)OCCO2. The van der Waals surface area contributed by atoms with Crippen LogP contribution >= 0.6 is 15.9 Å². The summed E-state index contributed by atoms with van der Waals surface area (Å²) in [6, 6.07) is 3.68. The van der Waals surface area contributed by atoms with Crippen LogP contribution in [0.5, 0.6) is 11.5 Å². The van der Waals surface area contributed by atoms with Gasteiger partial charge in [0.15, 0.2) is 11.5 Å². The number of hydrogen-bond donors (Lipinski definition) is 0. The summed E-state index contributed by atoms with van der Waals surface area (Å²) in [4.78, 5) is 12.2. The Balaban J connectivity index is 1.66. The van der Waals surface area contributed by atoms with Gasteiger partial charge in [0.25, 0.3) is 0 Å². The summed E-state index contributed by atoms with van der Waals surface area (Å²) in [5.41, 5.74) is 3.59. The van der Waals surface area contributed by atoms with Crippen LogP contribution in [0.1, 0.15) is 22.5 Å². The second-order valence-electron chi connectivity index (χ2n) is 5.70. The number of hydrogen-bond acceptors (Lipinski definition) is 5. The second-order valence-corrected chi connectivity index (χ2v) is 6.55. The summed E-state index contributed by atoms with van der Waals surface area (Å²) >= 11 is 3.48. The lowest BCUT2D eigenvalue weighted by molar-refractivity contribution is -0.144. The first-order chi connectivity index (χ1) is 11.5. The number of aromatic nitrogens is 2. The standard InChI is InChI=1S/C17H19BrN2O4/c1-10-13(11(2)20(3)19-10)7-17(21)24-9-12-6-15-16(8-14(12)18)23-5-4-22-15/h6,8H,4-5,7,9H2,1-3H3. The first-order valence-electron chi connectivity index (χ1n) is 7.68. The molecule has 0 N–H and O–H groups in total. The molecule has 0 saturated heterocycles. The molecule has 0 unspecified atom stereocenters. The molecule has 0 atom stereocenters. The maximum Gasteiger partial charge on any atom is 0.310 e. The van der Waals surface area contributed by atoms with Crippen molar-refractivity contribution in [3.63, 3.8) is 0 Å². The molecule has 0 saturated carbocycles. The molecule has 1 aromatic heterocycles. The number of halogens is 1. The van der Waals surface area contributed by atoms with Crippen LogP contribution in [-0.4, -0.2) is 29.0 Å². The third kappa shape index (κ3) is 3.40. The van der Waals surface area contributed by atoms with Gasteiger partial charge in [-0.1, -0.05) is 15.9 Å². The van der Waals surface area contributed by atoms with Crippen molar-refractivity contribution < 1.29 is 19.0 Å². The van der Waals surface area contributed by atoms with Gasteiger partial charge in [-0.3, -0.25) is 9.48 Å². The van der Waals surface area contributed by atoms with Crippen molar-refractivity contribution in [1.29, 1.82) is 0 Å². The molecule has 0 amide bonds. The number of carbonyl (C=O) groups excluding carboxylic acids is 1. The molecular formula is C17H19BrN2O4. The molecule has 1 aliphatic rings. The van der Waals surface area contributed by atoms with Crippen molar-refractivity contribution in [3.05, 3.63) is 39.1 Å². The second kappa shape index (κ2) is 6.84. The summed E-state index contributed by atoms with van der Waals surface area (Å²) in [6.45, 7) is 5.08. The Hall–Kier alpha value is -2.02. The monoisotopic (exact) mass is 394 g/mol. The van der Waals surface area contributed by atoms with Gasteiger partial charge < -0.3 is 14.2 Å². The van der Waals surface area contributed by atoms with Crippen molar-refractivity contribution in [2.45, 2.75) is 26.9 Å². The highest BCUT2D eigenvalue weighted by Crippen LogP contribution is 2.35. The van der Waals surface area contributed by atoms with Gasteiger partial charge in [-0.05, 0) is 26.0 Å². The normalized spacial score (nSPS) is 13.0. The molecule has 6 nitrogen and oxygen atoms in total. The number of carbonyl (C=O) groups is 1. The average molecular weight is 395 g/mol. The van der Waals surface area contributed by atoms with Crippen molar-refractivity contribution in [2.75, 3.05) is 13.2 Å². The maximum absolute atomic E-state index is 12.2. The van der Waals surface area contributed by atoms with Gasteiger partial charge in [0.1, 0.15) is 19.8 Å². The smallest absolute Gasteiger partial charge is 0.310 e. The lowest BCUT2D eigenvalue weighted by Crippen LogP contribution is -2.16. The zero-order valence-electron chi connectivity index (χ0n) is 13.9. The third-order valence-electron chi connectivity index (χ3n) is 4.08. The fourth-order valence-corrected chi connectivity index (χ4v) is 3.08. The van der Waals surface area contributed by atoms with Gasteiger partial charge >= 0.3 is 5.97 Å². The van der Waals surface area contributed by atoms with E-state index >= 15 is 0 Å². The van der Waals surface area contributed by atoms with Crippen LogP contribution in [0.2, 0.25) is 0 Å². The first-order valence-corrected chi connectivity index (χ1v) is 8.47. The topological polar surface area (TPSA) is 62.6 Å². The van der Waals surface area contributed by atoms with E-state index in [-0.39, 0.29) is 19.0 Å². The zero-order valence-corrected chi connectivity index (χ0v) is 15.5. The van der Waals surface area contributed by atoms with Gasteiger partial charge in [-0.25, -0.2) is 0 Å². The fraction of sp³-hybridized carbons (Fsp3) is 0.412.